The van der Waals surface area contributed by atoms with Crippen molar-refractivity contribution in [2.75, 3.05) is 0 Å². The Balaban J connectivity index is 0.00000144. The third kappa shape index (κ3) is 2.38. The summed E-state index contributed by atoms with van der Waals surface area (Å²) in [5.74, 6) is 0.911. The third-order valence-electron chi connectivity index (χ3n) is 3.64. The van der Waals surface area contributed by atoms with Gasteiger partial charge in [0.1, 0.15) is 5.82 Å². The number of para-hydroxylation sites is 1. The molecule has 3 N–H and O–H groups in total. The summed E-state index contributed by atoms with van der Waals surface area (Å²) in [7, 11) is 0. The van der Waals surface area contributed by atoms with E-state index >= 15 is 0 Å². The molecule has 0 aliphatic rings. The zero-order chi connectivity index (χ0) is 14.1. The van der Waals surface area contributed by atoms with E-state index in [-0.39, 0.29) is 5.48 Å². The summed E-state index contributed by atoms with van der Waals surface area (Å²) in [5.41, 5.74) is 5.53. The zero-order valence-electron chi connectivity index (χ0n) is 12.0. The summed E-state index contributed by atoms with van der Waals surface area (Å²) < 4.78 is 0. The van der Waals surface area contributed by atoms with Crippen molar-refractivity contribution in [2.45, 2.75) is 0 Å². The Morgan fingerprint density at radius 1 is 0.636 bits per heavy atom. The molecule has 3 nitrogen and oxygen atoms in total. The van der Waals surface area contributed by atoms with Crippen LogP contribution >= 0.6 is 0 Å². The second-order valence-electron chi connectivity index (χ2n) is 5.02. The SMILES string of the molecule is O.c1ccc(-c2nc3c(-c4ccccc4)cccc3[nH]2)cc1. The van der Waals surface area contributed by atoms with Gasteiger partial charge in [-0.15, -0.1) is 0 Å². The Hall–Kier alpha value is -2.91. The first-order valence-electron chi connectivity index (χ1n) is 7.01. The van der Waals surface area contributed by atoms with E-state index in [2.05, 4.69) is 59.6 Å². The molecule has 0 fully saturated rings. The number of aromatic amines is 1. The maximum Gasteiger partial charge on any atom is 0.138 e. The molecule has 0 saturated carbocycles. The second-order valence-corrected chi connectivity index (χ2v) is 5.02. The van der Waals surface area contributed by atoms with E-state index in [0.717, 1.165) is 28.0 Å². The van der Waals surface area contributed by atoms with Crippen molar-refractivity contribution < 1.29 is 5.48 Å². The molecule has 108 valence electrons. The van der Waals surface area contributed by atoms with Crippen LogP contribution in [0.15, 0.2) is 78.9 Å². The molecular formula is C19H16N2O. The molecule has 3 heteroatoms. The Morgan fingerprint density at radius 2 is 1.27 bits per heavy atom. The van der Waals surface area contributed by atoms with Crippen molar-refractivity contribution in [3.63, 3.8) is 0 Å². The standard InChI is InChI=1S/C19H14N2.H2O/c1-3-8-14(9-4-1)16-12-7-13-17-18(16)21-19(20-17)15-10-5-2-6-11-15;/h1-13H,(H,20,21);1H2. The van der Waals surface area contributed by atoms with Crippen molar-refractivity contribution >= 4 is 11.0 Å². The topological polar surface area (TPSA) is 60.2 Å². The van der Waals surface area contributed by atoms with Gasteiger partial charge in [0, 0.05) is 11.1 Å². The Morgan fingerprint density at radius 3 is 1.95 bits per heavy atom. The van der Waals surface area contributed by atoms with Crippen LogP contribution < -0.4 is 0 Å². The van der Waals surface area contributed by atoms with Crippen LogP contribution in [-0.4, -0.2) is 15.4 Å². The van der Waals surface area contributed by atoms with Crippen molar-refractivity contribution in [3.05, 3.63) is 78.9 Å². The lowest BCUT2D eigenvalue weighted by Crippen LogP contribution is -1.80. The Bertz CT molecular complexity index is 883. The molecule has 0 spiro atoms. The highest BCUT2D eigenvalue weighted by Gasteiger charge is 2.09. The fourth-order valence-electron chi connectivity index (χ4n) is 2.62. The van der Waals surface area contributed by atoms with Gasteiger partial charge in [0.15, 0.2) is 0 Å². The smallest absolute Gasteiger partial charge is 0.138 e. The first kappa shape index (κ1) is 14.0. The van der Waals surface area contributed by atoms with Gasteiger partial charge in [-0.25, -0.2) is 4.98 Å². The van der Waals surface area contributed by atoms with Crippen molar-refractivity contribution in [3.8, 4) is 22.5 Å². The van der Waals surface area contributed by atoms with Gasteiger partial charge in [0.2, 0.25) is 0 Å². The van der Waals surface area contributed by atoms with Gasteiger partial charge in [-0.2, -0.15) is 0 Å². The average Bonchev–Trinajstić information content (AvgIpc) is 3.00. The number of imidazole rings is 1. The van der Waals surface area contributed by atoms with Crippen LogP contribution in [0.4, 0.5) is 0 Å². The van der Waals surface area contributed by atoms with Crippen molar-refractivity contribution in [1.29, 1.82) is 0 Å². The quantitative estimate of drug-likeness (QED) is 0.593. The minimum atomic E-state index is 0. The molecule has 0 bridgehead atoms. The molecular weight excluding hydrogens is 272 g/mol. The number of rotatable bonds is 2. The third-order valence-corrected chi connectivity index (χ3v) is 3.64. The number of hydrogen-bond acceptors (Lipinski definition) is 1. The van der Waals surface area contributed by atoms with Gasteiger partial charge in [0.25, 0.3) is 0 Å². The highest BCUT2D eigenvalue weighted by atomic mass is 16.0. The lowest BCUT2D eigenvalue weighted by Gasteiger charge is -2.01. The largest absolute Gasteiger partial charge is 0.412 e. The lowest BCUT2D eigenvalue weighted by atomic mass is 10.0. The van der Waals surface area contributed by atoms with E-state index < -0.39 is 0 Å². The first-order valence-corrected chi connectivity index (χ1v) is 7.01. The van der Waals surface area contributed by atoms with Gasteiger partial charge < -0.3 is 10.5 Å². The number of hydrogen-bond donors (Lipinski definition) is 1. The number of H-pyrrole nitrogens is 1. The molecule has 0 saturated heterocycles. The predicted molar refractivity (Wildman–Crippen MR) is 90.6 cm³/mol. The number of fused-ring (bicyclic) bond motifs is 1. The predicted octanol–water partition coefficient (Wildman–Crippen LogP) is 4.07. The van der Waals surface area contributed by atoms with Crippen molar-refractivity contribution in [2.24, 2.45) is 0 Å². The van der Waals surface area contributed by atoms with Gasteiger partial charge in [0.05, 0.1) is 11.0 Å². The maximum atomic E-state index is 4.80. The first-order chi connectivity index (χ1) is 10.4. The minimum Gasteiger partial charge on any atom is -0.412 e. The second kappa shape index (κ2) is 5.84. The normalized spacial score (nSPS) is 10.4. The summed E-state index contributed by atoms with van der Waals surface area (Å²) in [6.45, 7) is 0. The molecule has 0 radical (unpaired) electrons. The molecule has 4 aromatic rings. The highest BCUT2D eigenvalue weighted by Crippen LogP contribution is 2.29. The zero-order valence-corrected chi connectivity index (χ0v) is 12.0. The lowest BCUT2D eigenvalue weighted by molar-refractivity contribution is 0.824. The molecule has 22 heavy (non-hydrogen) atoms. The van der Waals surface area contributed by atoms with E-state index in [1.165, 1.54) is 5.56 Å². The van der Waals surface area contributed by atoms with Crippen LogP contribution in [0.2, 0.25) is 0 Å². The summed E-state index contributed by atoms with van der Waals surface area (Å²) >= 11 is 0. The fraction of sp³-hybridized carbons (Fsp3) is 0. The minimum absolute atomic E-state index is 0. The molecule has 1 aromatic heterocycles. The monoisotopic (exact) mass is 288 g/mol. The van der Waals surface area contributed by atoms with Crippen LogP contribution in [0.25, 0.3) is 33.5 Å². The molecule has 3 aromatic carbocycles. The van der Waals surface area contributed by atoms with Gasteiger partial charge >= 0.3 is 0 Å². The molecule has 0 atom stereocenters. The number of nitrogens with zero attached hydrogens (tertiary/aromatic N) is 1. The van der Waals surface area contributed by atoms with Gasteiger partial charge in [-0.1, -0.05) is 72.8 Å². The number of benzene rings is 3. The summed E-state index contributed by atoms with van der Waals surface area (Å²) in [5, 5.41) is 0. The Kier molecular flexibility index (Phi) is 3.73. The maximum absolute atomic E-state index is 4.80. The summed E-state index contributed by atoms with van der Waals surface area (Å²) in [4.78, 5) is 8.21. The van der Waals surface area contributed by atoms with Crippen LogP contribution in [0, 0.1) is 0 Å². The van der Waals surface area contributed by atoms with Gasteiger partial charge in [-0.05, 0) is 11.6 Å². The highest BCUT2D eigenvalue weighted by molar-refractivity contribution is 5.93. The molecule has 0 aliphatic carbocycles. The van der Waals surface area contributed by atoms with Gasteiger partial charge in [-0.3, -0.25) is 0 Å². The summed E-state index contributed by atoms with van der Waals surface area (Å²) in [6.07, 6.45) is 0. The van der Waals surface area contributed by atoms with E-state index in [4.69, 9.17) is 4.98 Å². The van der Waals surface area contributed by atoms with E-state index in [9.17, 15) is 0 Å². The molecule has 0 amide bonds. The molecule has 4 rings (SSSR count). The Labute approximate surface area is 128 Å². The number of aromatic nitrogens is 2. The molecule has 0 unspecified atom stereocenters. The van der Waals surface area contributed by atoms with E-state index in [0.29, 0.717) is 0 Å². The molecule has 0 aliphatic heterocycles. The van der Waals surface area contributed by atoms with Crippen LogP contribution in [-0.2, 0) is 0 Å². The van der Waals surface area contributed by atoms with Crippen LogP contribution in [0.1, 0.15) is 0 Å². The number of nitrogens with one attached hydrogen (secondary N) is 1. The van der Waals surface area contributed by atoms with Crippen LogP contribution in [0.3, 0.4) is 0 Å². The molecule has 1 heterocycles. The van der Waals surface area contributed by atoms with Crippen LogP contribution in [0.5, 0.6) is 0 Å². The van der Waals surface area contributed by atoms with Crippen molar-refractivity contribution in [1.82, 2.24) is 9.97 Å². The fourth-order valence-corrected chi connectivity index (χ4v) is 2.62. The summed E-state index contributed by atoms with van der Waals surface area (Å²) in [6, 6.07) is 26.8. The van der Waals surface area contributed by atoms with E-state index in [1.54, 1.807) is 0 Å². The average molecular weight is 288 g/mol. The van der Waals surface area contributed by atoms with E-state index in [1.807, 2.05) is 24.3 Å².